The summed E-state index contributed by atoms with van der Waals surface area (Å²) in [6.45, 7) is 0. The molecule has 0 spiro atoms. The molecule has 1 unspecified atom stereocenters. The monoisotopic (exact) mass is 474 g/mol. The zero-order valence-corrected chi connectivity index (χ0v) is 20.4. The fraction of sp³-hybridized carbons (Fsp3) is 0.0286. The molecule has 5 aromatic rings. The van der Waals surface area contributed by atoms with Crippen molar-refractivity contribution in [3.63, 3.8) is 0 Å². The Morgan fingerprint density at radius 2 is 1.11 bits per heavy atom. The second-order valence-electron chi connectivity index (χ2n) is 9.50. The lowest BCUT2D eigenvalue weighted by Crippen LogP contribution is -2.30. The summed E-state index contributed by atoms with van der Waals surface area (Å²) in [6, 6.07) is 43.7. The van der Waals surface area contributed by atoms with Gasteiger partial charge in [0.25, 0.3) is 0 Å². The van der Waals surface area contributed by atoms with E-state index in [0.717, 1.165) is 5.69 Å². The smallest absolute Gasteiger partial charge is 0.123 e. The highest BCUT2D eigenvalue weighted by Crippen LogP contribution is 2.46. The average molecular weight is 475 g/mol. The second kappa shape index (κ2) is 9.00. The van der Waals surface area contributed by atoms with Crippen LogP contribution < -0.4 is 10.2 Å². The minimum absolute atomic E-state index is 0.165. The van der Waals surface area contributed by atoms with Crippen molar-refractivity contribution >= 4 is 11.4 Å². The van der Waals surface area contributed by atoms with Crippen molar-refractivity contribution in [1.29, 1.82) is 0 Å². The third kappa shape index (κ3) is 3.84. The predicted octanol–water partition coefficient (Wildman–Crippen LogP) is 9.00. The molecule has 0 saturated carbocycles. The summed E-state index contributed by atoms with van der Waals surface area (Å²) in [4.78, 5) is 2.31. The molecule has 2 nitrogen and oxygen atoms in total. The molecule has 7 rings (SSSR count). The van der Waals surface area contributed by atoms with E-state index in [9.17, 15) is 0 Å². The van der Waals surface area contributed by atoms with Crippen molar-refractivity contribution in [1.82, 2.24) is 0 Å². The second-order valence-corrected chi connectivity index (χ2v) is 9.50. The number of anilines is 2. The number of allylic oxidation sites excluding steroid dienone is 2. The van der Waals surface area contributed by atoms with Gasteiger partial charge in [0.1, 0.15) is 6.17 Å². The standard InChI is InChI=1S/C35H26N2/c1-4-12-25(13-5-1)29-22-30(26-14-6-2-7-15-26)35(31(23-29)27-16-8-3-9-17-27)28-19-20-32-33(24-28)37-21-11-10-18-34(37)36-32/h1-24,34,36H. The lowest BCUT2D eigenvalue weighted by Gasteiger charge is -2.23. The molecule has 0 bridgehead atoms. The number of nitrogens with one attached hydrogen (secondary N) is 1. The first-order valence-electron chi connectivity index (χ1n) is 12.7. The van der Waals surface area contributed by atoms with Crippen molar-refractivity contribution in [3.05, 3.63) is 146 Å². The molecule has 37 heavy (non-hydrogen) atoms. The minimum atomic E-state index is 0.165. The fourth-order valence-corrected chi connectivity index (χ4v) is 5.47. The zero-order chi connectivity index (χ0) is 24.6. The Labute approximate surface area is 217 Å². The molecule has 0 aliphatic carbocycles. The summed E-state index contributed by atoms with van der Waals surface area (Å²) in [7, 11) is 0. The maximum absolute atomic E-state index is 3.63. The van der Waals surface area contributed by atoms with E-state index in [2.05, 4.69) is 156 Å². The third-order valence-electron chi connectivity index (χ3n) is 7.23. The highest BCUT2D eigenvalue weighted by atomic mass is 15.3. The van der Waals surface area contributed by atoms with Gasteiger partial charge in [-0.2, -0.15) is 0 Å². The van der Waals surface area contributed by atoms with Crippen molar-refractivity contribution in [2.45, 2.75) is 6.17 Å². The summed E-state index contributed by atoms with van der Waals surface area (Å²) in [5, 5.41) is 3.63. The van der Waals surface area contributed by atoms with E-state index in [1.807, 2.05) is 0 Å². The van der Waals surface area contributed by atoms with E-state index in [-0.39, 0.29) is 6.17 Å². The molecule has 5 aromatic carbocycles. The Kier molecular flexibility index (Phi) is 5.22. The number of benzene rings is 5. The molecule has 0 fully saturated rings. The molecule has 1 atom stereocenters. The van der Waals surface area contributed by atoms with Gasteiger partial charge in [-0.05, 0) is 80.9 Å². The van der Waals surface area contributed by atoms with Crippen LogP contribution in [0.4, 0.5) is 11.4 Å². The van der Waals surface area contributed by atoms with Gasteiger partial charge in [-0.1, -0.05) is 103 Å². The predicted molar refractivity (Wildman–Crippen MR) is 156 cm³/mol. The summed E-state index contributed by atoms with van der Waals surface area (Å²) in [5.41, 5.74) is 12.1. The van der Waals surface area contributed by atoms with E-state index in [1.54, 1.807) is 0 Å². The molecule has 0 aromatic heterocycles. The van der Waals surface area contributed by atoms with Crippen LogP contribution in [0.15, 0.2) is 146 Å². The van der Waals surface area contributed by atoms with Crippen LogP contribution in [-0.2, 0) is 0 Å². The number of nitrogens with zero attached hydrogens (tertiary/aromatic N) is 1. The van der Waals surface area contributed by atoms with Crippen LogP contribution in [0.2, 0.25) is 0 Å². The van der Waals surface area contributed by atoms with Crippen molar-refractivity contribution in [3.8, 4) is 44.5 Å². The molecular formula is C35H26N2. The molecule has 2 heterocycles. The largest absolute Gasteiger partial charge is 0.360 e. The van der Waals surface area contributed by atoms with Crippen LogP contribution >= 0.6 is 0 Å². The molecule has 0 amide bonds. The van der Waals surface area contributed by atoms with Gasteiger partial charge in [0.05, 0.1) is 11.4 Å². The molecule has 2 aliphatic rings. The lowest BCUT2D eigenvalue weighted by molar-refractivity contribution is 0.908. The van der Waals surface area contributed by atoms with E-state index >= 15 is 0 Å². The van der Waals surface area contributed by atoms with Crippen LogP contribution in [0.3, 0.4) is 0 Å². The van der Waals surface area contributed by atoms with Gasteiger partial charge in [-0.25, -0.2) is 0 Å². The van der Waals surface area contributed by atoms with Gasteiger partial charge < -0.3 is 10.2 Å². The SMILES string of the molecule is C1=CC2Nc3ccc(-c4c(-c5ccccc5)cc(-c5ccccc5)cc4-c4ccccc4)cc3N2C=C1. The lowest BCUT2D eigenvalue weighted by atomic mass is 9.84. The first kappa shape index (κ1) is 21.5. The Bertz CT molecular complexity index is 1570. The molecule has 2 heteroatoms. The topological polar surface area (TPSA) is 15.3 Å². The average Bonchev–Trinajstić information content (AvgIpc) is 3.36. The molecule has 176 valence electrons. The van der Waals surface area contributed by atoms with Crippen LogP contribution in [0.5, 0.6) is 0 Å². The fourth-order valence-electron chi connectivity index (χ4n) is 5.47. The zero-order valence-electron chi connectivity index (χ0n) is 20.4. The number of rotatable bonds is 4. The van der Waals surface area contributed by atoms with Gasteiger partial charge in [-0.15, -0.1) is 0 Å². The molecule has 1 N–H and O–H groups in total. The first-order valence-corrected chi connectivity index (χ1v) is 12.7. The Morgan fingerprint density at radius 3 is 1.73 bits per heavy atom. The van der Waals surface area contributed by atoms with Gasteiger partial charge in [0.15, 0.2) is 0 Å². The van der Waals surface area contributed by atoms with E-state index in [0.29, 0.717) is 0 Å². The summed E-state index contributed by atoms with van der Waals surface area (Å²) >= 11 is 0. The quantitative estimate of drug-likeness (QED) is 0.280. The van der Waals surface area contributed by atoms with Crippen LogP contribution in [0.25, 0.3) is 44.5 Å². The van der Waals surface area contributed by atoms with Gasteiger partial charge in [-0.3, -0.25) is 0 Å². The van der Waals surface area contributed by atoms with Crippen LogP contribution in [-0.4, -0.2) is 6.17 Å². The maximum atomic E-state index is 3.63. The molecule has 0 saturated heterocycles. The summed E-state index contributed by atoms with van der Waals surface area (Å²) < 4.78 is 0. The van der Waals surface area contributed by atoms with Crippen molar-refractivity contribution < 1.29 is 0 Å². The first-order chi connectivity index (χ1) is 18.3. The van der Waals surface area contributed by atoms with E-state index in [1.165, 1.54) is 50.2 Å². The Morgan fingerprint density at radius 1 is 0.514 bits per heavy atom. The third-order valence-corrected chi connectivity index (χ3v) is 7.23. The van der Waals surface area contributed by atoms with Gasteiger partial charge in [0, 0.05) is 6.20 Å². The highest BCUT2D eigenvalue weighted by Gasteiger charge is 2.27. The Hall–Kier alpha value is -4.82. The summed E-state index contributed by atoms with van der Waals surface area (Å²) in [5.74, 6) is 0. The Balaban J connectivity index is 1.51. The normalized spacial score (nSPS) is 15.2. The van der Waals surface area contributed by atoms with E-state index < -0.39 is 0 Å². The molecule has 2 aliphatic heterocycles. The van der Waals surface area contributed by atoms with Crippen LogP contribution in [0, 0.1) is 0 Å². The highest BCUT2D eigenvalue weighted by molar-refractivity contribution is 5.99. The van der Waals surface area contributed by atoms with Gasteiger partial charge in [0.2, 0.25) is 0 Å². The van der Waals surface area contributed by atoms with Gasteiger partial charge >= 0.3 is 0 Å². The minimum Gasteiger partial charge on any atom is -0.360 e. The number of hydrogen-bond acceptors (Lipinski definition) is 2. The van der Waals surface area contributed by atoms with Crippen molar-refractivity contribution in [2.24, 2.45) is 0 Å². The van der Waals surface area contributed by atoms with Crippen LogP contribution in [0.1, 0.15) is 0 Å². The maximum Gasteiger partial charge on any atom is 0.123 e. The molecule has 0 radical (unpaired) electrons. The van der Waals surface area contributed by atoms with Crippen molar-refractivity contribution in [2.75, 3.05) is 10.2 Å². The van der Waals surface area contributed by atoms with E-state index in [4.69, 9.17) is 0 Å². The number of fused-ring (bicyclic) bond motifs is 3. The number of hydrogen-bond donors (Lipinski definition) is 1. The summed E-state index contributed by atoms with van der Waals surface area (Å²) in [6.07, 6.45) is 8.71. The molecular weight excluding hydrogens is 448 g/mol.